The van der Waals surface area contributed by atoms with Crippen LogP contribution >= 0.6 is 0 Å². The van der Waals surface area contributed by atoms with Crippen LogP contribution in [-0.2, 0) is 4.79 Å². The SMILES string of the molecule is O=C(O)C1CN(C(=O)N2CC=CCC2)C1. The number of carbonyl (C=O) groups is 2. The number of nitrogens with zero attached hydrogens (tertiary/aromatic N) is 2. The fourth-order valence-corrected chi connectivity index (χ4v) is 1.81. The Hall–Kier alpha value is -1.52. The summed E-state index contributed by atoms with van der Waals surface area (Å²) in [4.78, 5) is 25.7. The van der Waals surface area contributed by atoms with Crippen LogP contribution in [0.3, 0.4) is 0 Å². The van der Waals surface area contributed by atoms with Gasteiger partial charge in [-0.15, -0.1) is 0 Å². The third-order valence-corrected chi connectivity index (χ3v) is 2.83. The van der Waals surface area contributed by atoms with E-state index >= 15 is 0 Å². The molecule has 0 bridgehead atoms. The fourth-order valence-electron chi connectivity index (χ4n) is 1.81. The van der Waals surface area contributed by atoms with E-state index in [9.17, 15) is 9.59 Å². The summed E-state index contributed by atoms with van der Waals surface area (Å²) in [7, 11) is 0. The highest BCUT2D eigenvalue weighted by molar-refractivity contribution is 5.80. The van der Waals surface area contributed by atoms with Crippen LogP contribution in [0.1, 0.15) is 6.42 Å². The van der Waals surface area contributed by atoms with Crippen LogP contribution < -0.4 is 0 Å². The van der Waals surface area contributed by atoms with Crippen LogP contribution in [0.4, 0.5) is 4.79 Å². The molecule has 2 amide bonds. The predicted octanol–water partition coefficient (Wildman–Crippen LogP) is 0.385. The molecule has 0 aromatic heterocycles. The number of carboxylic acids is 1. The lowest BCUT2D eigenvalue weighted by atomic mass is 10.0. The summed E-state index contributed by atoms with van der Waals surface area (Å²) in [6.45, 7) is 2.10. The molecule has 2 heterocycles. The maximum absolute atomic E-state index is 11.8. The number of urea groups is 1. The van der Waals surface area contributed by atoms with E-state index in [1.165, 1.54) is 0 Å². The van der Waals surface area contributed by atoms with Crippen LogP contribution in [0, 0.1) is 5.92 Å². The molecule has 0 aromatic rings. The van der Waals surface area contributed by atoms with E-state index in [1.54, 1.807) is 9.80 Å². The van der Waals surface area contributed by atoms with Gasteiger partial charge in [0.15, 0.2) is 0 Å². The third-order valence-electron chi connectivity index (χ3n) is 2.83. The Morgan fingerprint density at radius 1 is 1.20 bits per heavy atom. The normalized spacial score (nSPS) is 21.3. The second-order valence-electron chi connectivity index (χ2n) is 3.93. The van der Waals surface area contributed by atoms with Gasteiger partial charge in [-0.25, -0.2) is 4.79 Å². The minimum Gasteiger partial charge on any atom is -0.481 e. The number of hydrogen-bond acceptors (Lipinski definition) is 2. The summed E-state index contributed by atoms with van der Waals surface area (Å²) in [6, 6.07) is -0.0307. The largest absolute Gasteiger partial charge is 0.481 e. The highest BCUT2D eigenvalue weighted by Gasteiger charge is 2.37. The minimum atomic E-state index is -0.808. The summed E-state index contributed by atoms with van der Waals surface area (Å²) < 4.78 is 0. The molecule has 0 spiro atoms. The van der Waals surface area contributed by atoms with Crippen LogP contribution in [0.5, 0.6) is 0 Å². The number of carboxylic acid groups (broad SMARTS) is 1. The van der Waals surface area contributed by atoms with Crippen molar-refractivity contribution in [2.75, 3.05) is 26.2 Å². The molecule has 0 aromatic carbocycles. The topological polar surface area (TPSA) is 60.9 Å². The lowest BCUT2D eigenvalue weighted by Crippen LogP contribution is -2.57. The van der Waals surface area contributed by atoms with E-state index in [1.807, 2.05) is 6.08 Å². The van der Waals surface area contributed by atoms with Gasteiger partial charge < -0.3 is 14.9 Å². The Labute approximate surface area is 88.0 Å². The van der Waals surface area contributed by atoms with Gasteiger partial charge in [0.2, 0.25) is 0 Å². The van der Waals surface area contributed by atoms with E-state index in [-0.39, 0.29) is 11.9 Å². The lowest BCUT2D eigenvalue weighted by Gasteiger charge is -2.40. The lowest BCUT2D eigenvalue weighted by molar-refractivity contribution is -0.146. The zero-order valence-electron chi connectivity index (χ0n) is 8.43. The van der Waals surface area contributed by atoms with E-state index in [4.69, 9.17) is 5.11 Å². The molecule has 82 valence electrons. The molecule has 1 fully saturated rings. The van der Waals surface area contributed by atoms with Crippen molar-refractivity contribution < 1.29 is 14.7 Å². The van der Waals surface area contributed by atoms with Gasteiger partial charge in [0.25, 0.3) is 0 Å². The van der Waals surface area contributed by atoms with Gasteiger partial charge >= 0.3 is 12.0 Å². The van der Waals surface area contributed by atoms with Crippen LogP contribution in [0.15, 0.2) is 12.2 Å². The van der Waals surface area contributed by atoms with Crippen molar-refractivity contribution in [1.82, 2.24) is 9.80 Å². The first-order valence-electron chi connectivity index (χ1n) is 5.10. The second kappa shape index (κ2) is 3.92. The molecule has 0 atom stereocenters. The Kier molecular flexibility index (Phi) is 2.62. The highest BCUT2D eigenvalue weighted by atomic mass is 16.4. The maximum Gasteiger partial charge on any atom is 0.320 e. The van der Waals surface area contributed by atoms with Crippen molar-refractivity contribution in [2.45, 2.75) is 6.42 Å². The number of carbonyl (C=O) groups excluding carboxylic acids is 1. The number of likely N-dealkylation sites (tertiary alicyclic amines) is 1. The first kappa shape index (κ1) is 10.0. The average molecular weight is 210 g/mol. The van der Waals surface area contributed by atoms with Crippen molar-refractivity contribution in [3.05, 3.63) is 12.2 Å². The Balaban J connectivity index is 1.83. The molecule has 5 heteroatoms. The van der Waals surface area contributed by atoms with Gasteiger partial charge in [0.1, 0.15) is 0 Å². The molecule has 0 radical (unpaired) electrons. The molecule has 15 heavy (non-hydrogen) atoms. The zero-order valence-corrected chi connectivity index (χ0v) is 8.43. The summed E-state index contributed by atoms with van der Waals surface area (Å²) in [5, 5.41) is 8.68. The quantitative estimate of drug-likeness (QED) is 0.637. The molecule has 1 N–H and O–H groups in total. The maximum atomic E-state index is 11.8. The average Bonchev–Trinajstić information content (AvgIpc) is 2.16. The van der Waals surface area contributed by atoms with E-state index in [2.05, 4.69) is 6.08 Å². The highest BCUT2D eigenvalue weighted by Crippen LogP contribution is 2.18. The van der Waals surface area contributed by atoms with Gasteiger partial charge in [-0.1, -0.05) is 12.2 Å². The van der Waals surface area contributed by atoms with E-state index in [0.29, 0.717) is 19.6 Å². The molecule has 0 aliphatic carbocycles. The van der Waals surface area contributed by atoms with Gasteiger partial charge in [-0.3, -0.25) is 4.79 Å². The smallest absolute Gasteiger partial charge is 0.320 e. The van der Waals surface area contributed by atoms with Crippen LogP contribution in [-0.4, -0.2) is 53.1 Å². The molecule has 0 saturated carbocycles. The predicted molar refractivity (Wildman–Crippen MR) is 53.4 cm³/mol. The van der Waals surface area contributed by atoms with Crippen molar-refractivity contribution in [3.63, 3.8) is 0 Å². The molecule has 2 rings (SSSR count). The minimum absolute atomic E-state index is 0.0307. The molecule has 0 unspecified atom stereocenters. The van der Waals surface area contributed by atoms with Crippen molar-refractivity contribution in [3.8, 4) is 0 Å². The molecule has 2 aliphatic heterocycles. The Bertz CT molecular complexity index is 308. The number of rotatable bonds is 1. The first-order valence-corrected chi connectivity index (χ1v) is 5.10. The Morgan fingerprint density at radius 2 is 1.93 bits per heavy atom. The van der Waals surface area contributed by atoms with Gasteiger partial charge in [0, 0.05) is 26.2 Å². The third kappa shape index (κ3) is 1.95. The van der Waals surface area contributed by atoms with Crippen LogP contribution in [0.2, 0.25) is 0 Å². The fraction of sp³-hybridized carbons (Fsp3) is 0.600. The van der Waals surface area contributed by atoms with E-state index < -0.39 is 5.97 Å². The van der Waals surface area contributed by atoms with Crippen LogP contribution in [0.25, 0.3) is 0 Å². The molecule has 2 aliphatic rings. The molecular formula is C10H14N2O3. The van der Waals surface area contributed by atoms with Gasteiger partial charge in [-0.2, -0.15) is 0 Å². The summed E-state index contributed by atoms with van der Waals surface area (Å²) in [5.41, 5.74) is 0. The van der Waals surface area contributed by atoms with Crippen molar-refractivity contribution >= 4 is 12.0 Å². The van der Waals surface area contributed by atoms with Gasteiger partial charge in [-0.05, 0) is 6.42 Å². The molecular weight excluding hydrogens is 196 g/mol. The van der Waals surface area contributed by atoms with E-state index in [0.717, 1.165) is 13.0 Å². The number of aliphatic carboxylic acids is 1. The Morgan fingerprint density at radius 3 is 2.47 bits per heavy atom. The summed E-state index contributed by atoms with van der Waals surface area (Å²) >= 11 is 0. The molecule has 5 nitrogen and oxygen atoms in total. The number of amides is 2. The van der Waals surface area contributed by atoms with Crippen molar-refractivity contribution in [2.24, 2.45) is 5.92 Å². The van der Waals surface area contributed by atoms with Crippen molar-refractivity contribution in [1.29, 1.82) is 0 Å². The second-order valence-corrected chi connectivity index (χ2v) is 3.93. The summed E-state index contributed by atoms with van der Waals surface area (Å²) in [5.74, 6) is -1.17. The standard InChI is InChI=1S/C10H14N2O3/c13-9(14)8-6-12(7-8)10(15)11-4-2-1-3-5-11/h1-2,8H,3-7H2,(H,13,14). The molecule has 1 saturated heterocycles. The van der Waals surface area contributed by atoms with Gasteiger partial charge in [0.05, 0.1) is 5.92 Å². The first-order chi connectivity index (χ1) is 7.18. The number of hydrogen-bond donors (Lipinski definition) is 1. The zero-order chi connectivity index (χ0) is 10.8. The summed E-state index contributed by atoms with van der Waals surface area (Å²) in [6.07, 6.45) is 4.91. The monoisotopic (exact) mass is 210 g/mol.